The largest absolute Gasteiger partial charge is 0.454 e. The van der Waals surface area contributed by atoms with Crippen molar-refractivity contribution in [3.05, 3.63) is 45.9 Å². The van der Waals surface area contributed by atoms with Crippen LogP contribution in [-0.2, 0) is 18.4 Å². The highest BCUT2D eigenvalue weighted by Crippen LogP contribution is 2.17. The number of esters is 1. The second-order valence-corrected chi connectivity index (χ2v) is 5.24. The lowest BCUT2D eigenvalue weighted by molar-refractivity contribution is 0.0464. The molecule has 3 aromatic heterocycles. The van der Waals surface area contributed by atoms with Gasteiger partial charge in [0.1, 0.15) is 34.7 Å². The van der Waals surface area contributed by atoms with Crippen LogP contribution in [0.5, 0.6) is 0 Å². The van der Waals surface area contributed by atoms with Crippen LogP contribution in [0, 0.1) is 5.82 Å². The molecule has 2 N–H and O–H groups in total. The first-order chi connectivity index (χ1) is 12.0. The Kier molecular flexibility index (Phi) is 3.27. The summed E-state index contributed by atoms with van der Waals surface area (Å²) in [4.78, 5) is 30.9. The maximum absolute atomic E-state index is 13.6. The Morgan fingerprint density at radius 3 is 3.04 bits per heavy atom. The van der Waals surface area contributed by atoms with Crippen molar-refractivity contribution in [2.75, 3.05) is 0 Å². The third kappa shape index (κ3) is 2.51. The van der Waals surface area contributed by atoms with Crippen LogP contribution in [0.15, 0.2) is 23.1 Å². The molecule has 0 saturated carbocycles. The Morgan fingerprint density at radius 1 is 1.36 bits per heavy atom. The molecule has 3 heterocycles. The number of nitrogens with one attached hydrogen (secondary N) is 2. The van der Waals surface area contributed by atoms with Crippen LogP contribution in [0.3, 0.4) is 0 Å². The zero-order valence-electron chi connectivity index (χ0n) is 12.8. The Hall–Kier alpha value is -3.63. The maximum Gasteiger partial charge on any atom is 0.341 e. The van der Waals surface area contributed by atoms with Crippen molar-refractivity contribution in [1.82, 2.24) is 35.2 Å². The minimum Gasteiger partial charge on any atom is -0.454 e. The molecule has 0 atom stereocenters. The van der Waals surface area contributed by atoms with Gasteiger partial charge in [0.15, 0.2) is 5.65 Å². The van der Waals surface area contributed by atoms with Gasteiger partial charge in [0.2, 0.25) is 0 Å². The first-order valence-electron chi connectivity index (χ1n) is 7.11. The van der Waals surface area contributed by atoms with E-state index in [9.17, 15) is 14.0 Å². The molecular weight excluding hydrogens is 333 g/mol. The monoisotopic (exact) mass is 343 g/mol. The van der Waals surface area contributed by atoms with E-state index in [0.717, 1.165) is 12.1 Å². The van der Waals surface area contributed by atoms with Crippen LogP contribution in [-0.4, -0.2) is 41.1 Å². The van der Waals surface area contributed by atoms with Crippen molar-refractivity contribution in [2.45, 2.75) is 6.61 Å². The summed E-state index contributed by atoms with van der Waals surface area (Å²) >= 11 is 0. The number of hydrogen-bond acceptors (Lipinski definition) is 7. The van der Waals surface area contributed by atoms with Crippen molar-refractivity contribution >= 4 is 28.0 Å². The van der Waals surface area contributed by atoms with E-state index >= 15 is 0 Å². The van der Waals surface area contributed by atoms with Crippen LogP contribution in [0.4, 0.5) is 4.39 Å². The quantitative estimate of drug-likeness (QED) is 0.515. The Bertz CT molecular complexity index is 1180. The Morgan fingerprint density at radius 2 is 2.20 bits per heavy atom. The third-order valence-corrected chi connectivity index (χ3v) is 3.60. The van der Waals surface area contributed by atoms with E-state index in [2.05, 4.69) is 30.5 Å². The van der Waals surface area contributed by atoms with Crippen LogP contribution < -0.4 is 5.56 Å². The molecule has 0 aliphatic rings. The number of carbonyl (C=O) groups is 1. The number of halogens is 1. The zero-order valence-corrected chi connectivity index (χ0v) is 12.8. The number of aromatic amines is 2. The highest BCUT2D eigenvalue weighted by molar-refractivity contribution is 6.01. The van der Waals surface area contributed by atoms with E-state index < -0.39 is 17.3 Å². The molecule has 11 heteroatoms. The minimum atomic E-state index is -0.814. The van der Waals surface area contributed by atoms with Gasteiger partial charge >= 0.3 is 5.97 Å². The molecular formula is C14H10FN7O3. The predicted octanol–water partition coefficient (Wildman–Crippen LogP) is 0.424. The fourth-order valence-electron chi connectivity index (χ4n) is 2.43. The van der Waals surface area contributed by atoms with Gasteiger partial charge in [-0.25, -0.2) is 14.2 Å². The molecule has 0 spiro atoms. The van der Waals surface area contributed by atoms with E-state index in [1.165, 1.54) is 10.9 Å². The van der Waals surface area contributed by atoms with Gasteiger partial charge < -0.3 is 9.72 Å². The molecule has 126 valence electrons. The summed E-state index contributed by atoms with van der Waals surface area (Å²) in [6, 6.07) is 2.15. The summed E-state index contributed by atoms with van der Waals surface area (Å²) in [6.07, 6.45) is 1.39. The van der Waals surface area contributed by atoms with Crippen molar-refractivity contribution in [1.29, 1.82) is 0 Å². The lowest BCUT2D eigenvalue weighted by atomic mass is 10.2. The fourth-order valence-corrected chi connectivity index (χ4v) is 2.43. The maximum atomic E-state index is 13.6. The van der Waals surface area contributed by atoms with Gasteiger partial charge in [0.05, 0.1) is 11.8 Å². The SMILES string of the molecule is Cn1ncc2c(=O)[nH]c(COC(=O)c3cc(F)cc4n[nH]nc34)nc21. The number of benzene rings is 1. The van der Waals surface area contributed by atoms with Crippen molar-refractivity contribution in [3.63, 3.8) is 0 Å². The number of aromatic nitrogens is 7. The van der Waals surface area contributed by atoms with Crippen molar-refractivity contribution in [2.24, 2.45) is 7.05 Å². The van der Waals surface area contributed by atoms with Crippen molar-refractivity contribution in [3.8, 4) is 0 Å². The summed E-state index contributed by atoms with van der Waals surface area (Å²) in [7, 11) is 1.64. The van der Waals surface area contributed by atoms with Crippen LogP contribution in [0.25, 0.3) is 22.1 Å². The topological polar surface area (TPSA) is 131 Å². The van der Waals surface area contributed by atoms with E-state index in [0.29, 0.717) is 11.0 Å². The van der Waals surface area contributed by atoms with E-state index in [1.807, 2.05) is 0 Å². The van der Waals surface area contributed by atoms with Gasteiger partial charge in [0.25, 0.3) is 5.56 Å². The molecule has 0 fully saturated rings. The average Bonchev–Trinajstić information content (AvgIpc) is 3.19. The number of ether oxygens (including phenoxy) is 1. The standard InChI is InChI=1S/C14H10FN7O3/c1-22-12-8(4-16-22)13(23)18-10(17-12)5-25-14(24)7-2-6(15)3-9-11(7)20-21-19-9/h2-4H,5H2,1H3,(H,17,18,23)(H,19,20,21). The molecule has 0 amide bonds. The number of H-pyrrole nitrogens is 2. The van der Waals surface area contributed by atoms with Crippen LogP contribution in [0.2, 0.25) is 0 Å². The van der Waals surface area contributed by atoms with Crippen LogP contribution >= 0.6 is 0 Å². The highest BCUT2D eigenvalue weighted by atomic mass is 19.1. The second-order valence-electron chi connectivity index (χ2n) is 5.24. The molecule has 0 unspecified atom stereocenters. The van der Waals surface area contributed by atoms with E-state index in [4.69, 9.17) is 4.74 Å². The number of rotatable bonds is 3. The Balaban J connectivity index is 1.62. The lowest BCUT2D eigenvalue weighted by Gasteiger charge is -2.05. The Labute approximate surface area is 137 Å². The second kappa shape index (κ2) is 5.47. The predicted molar refractivity (Wildman–Crippen MR) is 82.1 cm³/mol. The lowest BCUT2D eigenvalue weighted by Crippen LogP contribution is -2.15. The number of carbonyl (C=O) groups excluding carboxylic acids is 1. The normalized spacial score (nSPS) is 11.3. The molecule has 0 saturated heterocycles. The smallest absolute Gasteiger partial charge is 0.341 e. The molecule has 25 heavy (non-hydrogen) atoms. The molecule has 0 bridgehead atoms. The van der Waals surface area contributed by atoms with Gasteiger partial charge in [-0.3, -0.25) is 9.48 Å². The molecule has 1 aromatic carbocycles. The summed E-state index contributed by atoms with van der Waals surface area (Å²) in [5.41, 5.74) is 0.283. The minimum absolute atomic E-state index is 0.0762. The fraction of sp³-hybridized carbons (Fsp3) is 0.143. The van der Waals surface area contributed by atoms with E-state index in [1.54, 1.807) is 7.05 Å². The molecule has 4 aromatic rings. The summed E-state index contributed by atoms with van der Waals surface area (Å²) in [5.74, 6) is -1.32. The van der Waals surface area contributed by atoms with Gasteiger partial charge in [-0.05, 0) is 6.07 Å². The summed E-state index contributed by atoms with van der Waals surface area (Å²) < 4.78 is 20.1. The third-order valence-electron chi connectivity index (χ3n) is 3.60. The molecule has 0 aliphatic carbocycles. The number of aryl methyl sites for hydroxylation is 1. The number of fused-ring (bicyclic) bond motifs is 2. The van der Waals surface area contributed by atoms with Gasteiger partial charge in [-0.1, -0.05) is 0 Å². The molecule has 10 nitrogen and oxygen atoms in total. The molecule has 4 rings (SSSR count). The average molecular weight is 343 g/mol. The first-order valence-corrected chi connectivity index (χ1v) is 7.11. The van der Waals surface area contributed by atoms with Crippen molar-refractivity contribution < 1.29 is 13.9 Å². The number of hydrogen-bond donors (Lipinski definition) is 2. The first kappa shape index (κ1) is 14.9. The van der Waals surface area contributed by atoms with E-state index in [-0.39, 0.29) is 29.0 Å². The summed E-state index contributed by atoms with van der Waals surface area (Å²) in [5, 5.41) is 14.1. The highest BCUT2D eigenvalue weighted by Gasteiger charge is 2.17. The molecule has 0 aliphatic heterocycles. The van der Waals surface area contributed by atoms with Gasteiger partial charge in [-0.15, -0.1) is 0 Å². The summed E-state index contributed by atoms with van der Waals surface area (Å²) in [6.45, 7) is -0.301. The van der Waals surface area contributed by atoms with Gasteiger partial charge in [0, 0.05) is 13.1 Å². The van der Waals surface area contributed by atoms with Crippen LogP contribution in [0.1, 0.15) is 16.2 Å². The number of nitrogens with zero attached hydrogens (tertiary/aromatic N) is 5. The molecule has 0 radical (unpaired) electrons. The van der Waals surface area contributed by atoms with Gasteiger partial charge in [-0.2, -0.15) is 20.5 Å². The zero-order chi connectivity index (χ0) is 17.6.